The number of benzene rings is 2. The molecule has 0 aliphatic carbocycles. The summed E-state index contributed by atoms with van der Waals surface area (Å²) in [5.41, 5.74) is 1.01. The van der Waals surface area contributed by atoms with Crippen LogP contribution >= 0.6 is 11.8 Å². The Bertz CT molecular complexity index is 1540. The molecule has 3 aromatic heterocycles. The van der Waals surface area contributed by atoms with Crippen LogP contribution in [0.5, 0.6) is 0 Å². The van der Waals surface area contributed by atoms with Crippen molar-refractivity contribution in [1.82, 2.24) is 34.2 Å². The van der Waals surface area contributed by atoms with Gasteiger partial charge < -0.3 is 0 Å². The molecule has 9 nitrogen and oxygen atoms in total. The molecule has 0 aliphatic rings. The Morgan fingerprint density at radius 1 is 0.903 bits per heavy atom. The van der Waals surface area contributed by atoms with E-state index in [0.29, 0.717) is 33.8 Å². The zero-order chi connectivity index (χ0) is 21.4. The summed E-state index contributed by atoms with van der Waals surface area (Å²) < 4.78 is 4.85. The first kappa shape index (κ1) is 19.4. The fraction of sp³-hybridized carbons (Fsp3) is 0.238. The topological polar surface area (TPSA) is 100.0 Å². The molecule has 2 aromatic carbocycles. The van der Waals surface area contributed by atoms with Gasteiger partial charge in [0.15, 0.2) is 5.16 Å². The molecule has 156 valence electrons. The maximum atomic E-state index is 13.0. The highest BCUT2D eigenvalue weighted by atomic mass is 32.2. The summed E-state index contributed by atoms with van der Waals surface area (Å²) in [6.07, 6.45) is 1.83. The summed E-state index contributed by atoms with van der Waals surface area (Å²) in [5, 5.41) is 18.5. The fourth-order valence-electron chi connectivity index (χ4n) is 3.57. The normalized spacial score (nSPS) is 11.6. The van der Waals surface area contributed by atoms with Crippen LogP contribution in [0.25, 0.3) is 27.6 Å². The lowest BCUT2D eigenvalue weighted by molar-refractivity contribution is 0.620. The van der Waals surface area contributed by atoms with Crippen molar-refractivity contribution < 1.29 is 0 Å². The van der Waals surface area contributed by atoms with Gasteiger partial charge in [-0.15, -0.1) is 15.3 Å². The van der Waals surface area contributed by atoms with Crippen LogP contribution in [0.3, 0.4) is 0 Å². The molecular weight excluding hydrogens is 414 g/mol. The van der Waals surface area contributed by atoms with E-state index in [1.54, 1.807) is 22.8 Å². The van der Waals surface area contributed by atoms with Gasteiger partial charge in [0.1, 0.15) is 5.52 Å². The lowest BCUT2D eigenvalue weighted by Gasteiger charge is -2.11. The first-order valence-corrected chi connectivity index (χ1v) is 11.0. The zero-order valence-electron chi connectivity index (χ0n) is 16.8. The van der Waals surface area contributed by atoms with Gasteiger partial charge in [0.05, 0.1) is 22.2 Å². The molecule has 5 aromatic rings. The lowest BCUT2D eigenvalue weighted by Crippen LogP contribution is -2.24. The molecule has 0 atom stereocenters. The quantitative estimate of drug-likeness (QED) is 0.380. The monoisotopic (exact) mass is 433 g/mol. The molecule has 31 heavy (non-hydrogen) atoms. The van der Waals surface area contributed by atoms with E-state index in [-0.39, 0.29) is 17.0 Å². The summed E-state index contributed by atoms with van der Waals surface area (Å²) in [7, 11) is 0. The fourth-order valence-corrected chi connectivity index (χ4v) is 4.39. The van der Waals surface area contributed by atoms with Crippen LogP contribution in [0, 0.1) is 0 Å². The molecule has 5 rings (SSSR count). The Morgan fingerprint density at radius 2 is 1.68 bits per heavy atom. The number of hydrogen-bond acceptors (Lipinski definition) is 7. The van der Waals surface area contributed by atoms with Crippen molar-refractivity contribution in [2.45, 2.75) is 37.3 Å². The number of unbranched alkanes of at least 4 members (excludes halogenated alkanes) is 1. The molecule has 0 aliphatic heterocycles. The SMILES string of the molecule is CCCCn1c(=O)c2ccccc2n2c(SCn3nnc4ccccc4c3=O)nnc12. The summed E-state index contributed by atoms with van der Waals surface area (Å²) in [6.45, 7) is 2.65. The molecule has 0 saturated heterocycles. The van der Waals surface area contributed by atoms with E-state index >= 15 is 0 Å². The minimum Gasteiger partial charge on any atom is -0.276 e. The first-order valence-electron chi connectivity index (χ1n) is 10.0. The van der Waals surface area contributed by atoms with E-state index in [4.69, 9.17) is 0 Å². The van der Waals surface area contributed by atoms with E-state index in [9.17, 15) is 9.59 Å². The maximum absolute atomic E-state index is 13.0. The van der Waals surface area contributed by atoms with Gasteiger partial charge in [0, 0.05) is 6.54 Å². The van der Waals surface area contributed by atoms with Gasteiger partial charge in [-0.25, -0.2) is 0 Å². The number of aromatic nitrogens is 7. The predicted octanol–water partition coefficient (Wildman–Crippen LogP) is 2.70. The molecule has 0 unspecified atom stereocenters. The summed E-state index contributed by atoms with van der Waals surface area (Å²) in [5.74, 6) is 0.719. The van der Waals surface area contributed by atoms with Gasteiger partial charge in [0.2, 0.25) is 5.78 Å². The molecule has 10 heteroatoms. The number of para-hydroxylation sites is 1. The molecule has 0 bridgehead atoms. The van der Waals surface area contributed by atoms with Crippen molar-refractivity contribution in [3.8, 4) is 0 Å². The number of aryl methyl sites for hydroxylation is 1. The molecule has 0 N–H and O–H groups in total. The second kappa shape index (κ2) is 7.95. The zero-order valence-corrected chi connectivity index (χ0v) is 17.6. The van der Waals surface area contributed by atoms with Crippen molar-refractivity contribution in [1.29, 1.82) is 0 Å². The number of nitrogens with zero attached hydrogens (tertiary/aromatic N) is 7. The number of hydrogen-bond donors (Lipinski definition) is 0. The highest BCUT2D eigenvalue weighted by molar-refractivity contribution is 7.98. The highest BCUT2D eigenvalue weighted by Crippen LogP contribution is 2.22. The number of rotatable bonds is 6. The van der Waals surface area contributed by atoms with Crippen LogP contribution < -0.4 is 11.1 Å². The van der Waals surface area contributed by atoms with E-state index in [2.05, 4.69) is 27.4 Å². The van der Waals surface area contributed by atoms with Crippen LogP contribution in [0.4, 0.5) is 0 Å². The van der Waals surface area contributed by atoms with E-state index in [1.165, 1.54) is 16.4 Å². The van der Waals surface area contributed by atoms with Crippen molar-refractivity contribution in [3.63, 3.8) is 0 Å². The Labute approximate surface area is 180 Å². The maximum Gasteiger partial charge on any atom is 0.278 e. The van der Waals surface area contributed by atoms with Crippen molar-refractivity contribution in [3.05, 3.63) is 69.2 Å². The number of fused-ring (bicyclic) bond motifs is 4. The molecule has 0 spiro atoms. The second-order valence-electron chi connectivity index (χ2n) is 7.13. The third-order valence-corrected chi connectivity index (χ3v) is 6.05. The molecule has 0 amide bonds. The van der Waals surface area contributed by atoms with E-state index < -0.39 is 0 Å². The molecule has 0 fully saturated rings. The third kappa shape index (κ3) is 3.28. The summed E-state index contributed by atoms with van der Waals surface area (Å²) >= 11 is 1.32. The average Bonchev–Trinajstić information content (AvgIpc) is 3.23. The van der Waals surface area contributed by atoms with Gasteiger partial charge in [-0.1, -0.05) is 54.6 Å². The van der Waals surface area contributed by atoms with E-state index in [0.717, 1.165) is 18.4 Å². The van der Waals surface area contributed by atoms with Crippen LogP contribution in [0.2, 0.25) is 0 Å². The predicted molar refractivity (Wildman–Crippen MR) is 119 cm³/mol. The second-order valence-corrected chi connectivity index (χ2v) is 8.04. The van der Waals surface area contributed by atoms with Crippen LogP contribution in [0.1, 0.15) is 19.8 Å². The minimum absolute atomic E-state index is 0.0721. The Morgan fingerprint density at radius 3 is 2.52 bits per heavy atom. The van der Waals surface area contributed by atoms with Gasteiger partial charge in [-0.3, -0.25) is 18.6 Å². The standard InChI is InChI=1S/C21H19N7O2S/c1-2-3-12-26-18(29)15-9-5-7-11-17(15)28-20(26)23-24-21(28)31-13-27-19(30)14-8-4-6-10-16(14)22-25-27/h4-11H,2-3,12-13H2,1H3. The summed E-state index contributed by atoms with van der Waals surface area (Å²) in [4.78, 5) is 25.8. The smallest absolute Gasteiger partial charge is 0.276 e. The van der Waals surface area contributed by atoms with Gasteiger partial charge in [-0.05, 0) is 30.7 Å². The van der Waals surface area contributed by atoms with Gasteiger partial charge in [-0.2, -0.15) is 4.68 Å². The van der Waals surface area contributed by atoms with Crippen LogP contribution in [-0.4, -0.2) is 34.2 Å². The molecule has 0 radical (unpaired) electrons. The molecule has 3 heterocycles. The van der Waals surface area contributed by atoms with Crippen molar-refractivity contribution in [2.24, 2.45) is 0 Å². The van der Waals surface area contributed by atoms with Crippen molar-refractivity contribution in [2.75, 3.05) is 0 Å². The average molecular weight is 433 g/mol. The van der Waals surface area contributed by atoms with Crippen LogP contribution in [-0.2, 0) is 12.4 Å². The lowest BCUT2D eigenvalue weighted by atomic mass is 10.2. The Hall–Kier alpha value is -3.53. The Balaban J connectivity index is 1.60. The van der Waals surface area contributed by atoms with Crippen LogP contribution in [0.15, 0.2) is 63.3 Å². The molecular formula is C21H19N7O2S. The molecule has 0 saturated carbocycles. The minimum atomic E-state index is -0.211. The summed E-state index contributed by atoms with van der Waals surface area (Å²) in [6, 6.07) is 14.5. The van der Waals surface area contributed by atoms with Crippen molar-refractivity contribution >= 4 is 39.3 Å². The number of thioether (sulfide) groups is 1. The largest absolute Gasteiger partial charge is 0.278 e. The van der Waals surface area contributed by atoms with E-state index in [1.807, 2.05) is 34.7 Å². The first-order chi connectivity index (χ1) is 15.2. The third-order valence-electron chi connectivity index (χ3n) is 5.16. The van der Waals surface area contributed by atoms with Gasteiger partial charge in [0.25, 0.3) is 11.1 Å². The Kier molecular flexibility index (Phi) is 4.99. The highest BCUT2D eigenvalue weighted by Gasteiger charge is 2.17. The van der Waals surface area contributed by atoms with Gasteiger partial charge >= 0.3 is 0 Å².